The Bertz CT molecular complexity index is 672. The van der Waals surface area contributed by atoms with E-state index in [2.05, 4.69) is 20.2 Å². The second-order valence-electron chi connectivity index (χ2n) is 3.73. The van der Waals surface area contributed by atoms with E-state index >= 15 is 0 Å². The predicted octanol–water partition coefficient (Wildman–Crippen LogP) is 1.11. The summed E-state index contributed by atoms with van der Waals surface area (Å²) in [5.74, 6) is 1.30. The van der Waals surface area contributed by atoms with Gasteiger partial charge < -0.3 is 10.3 Å². The van der Waals surface area contributed by atoms with Gasteiger partial charge in [0.2, 0.25) is 5.82 Å². The van der Waals surface area contributed by atoms with Gasteiger partial charge in [-0.1, -0.05) is 5.16 Å². The first-order chi connectivity index (χ1) is 8.75. The maximum Gasteiger partial charge on any atom is 0.263 e. The summed E-state index contributed by atoms with van der Waals surface area (Å²) >= 11 is 0. The topological polar surface area (TPSA) is 95.6 Å². The smallest absolute Gasteiger partial charge is 0.263 e. The minimum atomic E-state index is 0.347. The molecule has 0 spiro atoms. The summed E-state index contributed by atoms with van der Waals surface area (Å²) in [5.41, 5.74) is 7.26. The van der Waals surface area contributed by atoms with Crippen LogP contribution in [0.5, 0.6) is 0 Å². The van der Waals surface area contributed by atoms with Crippen molar-refractivity contribution in [2.75, 3.05) is 5.73 Å². The predicted molar refractivity (Wildman–Crippen MR) is 64.1 cm³/mol. The van der Waals surface area contributed by atoms with Crippen LogP contribution < -0.4 is 5.73 Å². The molecule has 0 aliphatic heterocycles. The van der Waals surface area contributed by atoms with Crippen LogP contribution in [0.1, 0.15) is 0 Å². The molecule has 2 N–H and O–H groups in total. The Balaban J connectivity index is 2.02. The summed E-state index contributed by atoms with van der Waals surface area (Å²) in [4.78, 5) is 8.28. The Hall–Kier alpha value is -2.70. The molecule has 0 aliphatic carbocycles. The monoisotopic (exact) mass is 242 g/mol. The zero-order valence-electron chi connectivity index (χ0n) is 9.61. The standard InChI is InChI=1S/C11H10N6O/c1-17-9(12)8(6-14-17)11-15-10(16-18-11)7-3-2-4-13-5-7/h2-6H,12H2,1H3. The Kier molecular flexibility index (Phi) is 2.30. The number of anilines is 1. The van der Waals surface area contributed by atoms with Gasteiger partial charge in [0, 0.05) is 25.0 Å². The van der Waals surface area contributed by atoms with E-state index in [-0.39, 0.29) is 0 Å². The summed E-state index contributed by atoms with van der Waals surface area (Å²) in [6.45, 7) is 0. The Morgan fingerprint density at radius 2 is 2.22 bits per heavy atom. The first-order valence-corrected chi connectivity index (χ1v) is 5.27. The molecule has 0 aliphatic rings. The van der Waals surface area contributed by atoms with Gasteiger partial charge in [-0.15, -0.1) is 0 Å². The van der Waals surface area contributed by atoms with Crippen molar-refractivity contribution in [2.24, 2.45) is 7.05 Å². The van der Waals surface area contributed by atoms with Gasteiger partial charge in [-0.2, -0.15) is 10.1 Å². The van der Waals surface area contributed by atoms with Crippen LogP contribution in [0.3, 0.4) is 0 Å². The van der Waals surface area contributed by atoms with Crippen LogP contribution >= 0.6 is 0 Å². The third-order valence-corrected chi connectivity index (χ3v) is 2.56. The quantitative estimate of drug-likeness (QED) is 0.723. The van der Waals surface area contributed by atoms with Crippen LogP contribution in [0.15, 0.2) is 35.2 Å². The van der Waals surface area contributed by atoms with Gasteiger partial charge in [-0.25, -0.2) is 0 Å². The van der Waals surface area contributed by atoms with Crippen molar-refractivity contribution >= 4 is 5.82 Å². The lowest BCUT2D eigenvalue weighted by Gasteiger charge is -1.93. The van der Waals surface area contributed by atoms with Crippen LogP contribution in [0.2, 0.25) is 0 Å². The van der Waals surface area contributed by atoms with Gasteiger partial charge in [-0.05, 0) is 12.1 Å². The van der Waals surface area contributed by atoms with E-state index in [1.807, 2.05) is 12.1 Å². The third-order valence-electron chi connectivity index (χ3n) is 2.56. The van der Waals surface area contributed by atoms with Gasteiger partial charge in [0.25, 0.3) is 5.89 Å². The number of nitrogens with two attached hydrogens (primary N) is 1. The summed E-state index contributed by atoms with van der Waals surface area (Å²) in [6.07, 6.45) is 4.95. The molecule has 3 aromatic heterocycles. The summed E-state index contributed by atoms with van der Waals surface area (Å²) in [5, 5.41) is 7.92. The minimum absolute atomic E-state index is 0.347. The fourth-order valence-electron chi connectivity index (χ4n) is 1.56. The zero-order chi connectivity index (χ0) is 12.5. The third kappa shape index (κ3) is 1.61. The Morgan fingerprint density at radius 1 is 1.33 bits per heavy atom. The molecule has 0 fully saturated rings. The van der Waals surface area contributed by atoms with Crippen LogP contribution in [-0.2, 0) is 7.05 Å². The van der Waals surface area contributed by atoms with Gasteiger partial charge in [0.15, 0.2) is 0 Å². The van der Waals surface area contributed by atoms with E-state index in [0.29, 0.717) is 23.1 Å². The lowest BCUT2D eigenvalue weighted by molar-refractivity contribution is 0.432. The van der Waals surface area contributed by atoms with Crippen LogP contribution in [0, 0.1) is 0 Å². The number of aromatic nitrogens is 5. The van der Waals surface area contributed by atoms with Gasteiger partial charge in [0.05, 0.1) is 6.20 Å². The second-order valence-corrected chi connectivity index (χ2v) is 3.73. The van der Waals surface area contributed by atoms with E-state index in [1.165, 1.54) is 0 Å². The highest BCUT2D eigenvalue weighted by Crippen LogP contribution is 2.25. The molecule has 7 nitrogen and oxygen atoms in total. The van der Waals surface area contributed by atoms with Gasteiger partial charge in [-0.3, -0.25) is 9.67 Å². The Labute approximate surface area is 102 Å². The number of pyridine rings is 1. The zero-order valence-corrected chi connectivity index (χ0v) is 9.61. The lowest BCUT2D eigenvalue weighted by atomic mass is 10.3. The summed E-state index contributed by atoms with van der Waals surface area (Å²) in [6, 6.07) is 3.66. The number of nitrogen functional groups attached to an aromatic ring is 1. The van der Waals surface area contributed by atoms with Crippen molar-refractivity contribution in [3.8, 4) is 22.8 Å². The van der Waals surface area contributed by atoms with Crippen molar-refractivity contribution < 1.29 is 4.52 Å². The van der Waals surface area contributed by atoms with Crippen molar-refractivity contribution in [3.63, 3.8) is 0 Å². The molecule has 7 heteroatoms. The summed E-state index contributed by atoms with van der Waals surface area (Å²) < 4.78 is 6.72. The van der Waals surface area contributed by atoms with E-state index in [4.69, 9.17) is 10.3 Å². The lowest BCUT2D eigenvalue weighted by Crippen LogP contribution is -1.98. The number of rotatable bonds is 2. The molecule has 3 aromatic rings. The molecule has 0 bridgehead atoms. The van der Waals surface area contributed by atoms with Gasteiger partial charge in [0.1, 0.15) is 11.4 Å². The molecule has 0 unspecified atom stereocenters. The maximum atomic E-state index is 5.84. The highest BCUT2D eigenvalue weighted by Gasteiger charge is 2.15. The van der Waals surface area contributed by atoms with Crippen molar-refractivity contribution in [1.82, 2.24) is 24.9 Å². The molecule has 0 aromatic carbocycles. The molecule has 0 saturated heterocycles. The summed E-state index contributed by atoms with van der Waals surface area (Å²) in [7, 11) is 1.75. The van der Waals surface area contributed by atoms with Crippen LogP contribution in [-0.4, -0.2) is 24.9 Å². The second kappa shape index (κ2) is 3.95. The van der Waals surface area contributed by atoms with Crippen molar-refractivity contribution in [1.29, 1.82) is 0 Å². The molecule has 0 saturated carbocycles. The maximum absolute atomic E-state index is 5.84. The number of hydrogen-bond acceptors (Lipinski definition) is 6. The van der Waals surface area contributed by atoms with Crippen LogP contribution in [0.4, 0.5) is 5.82 Å². The minimum Gasteiger partial charge on any atom is -0.383 e. The average Bonchev–Trinajstić information content (AvgIpc) is 3.00. The average molecular weight is 242 g/mol. The highest BCUT2D eigenvalue weighted by atomic mass is 16.5. The normalized spacial score (nSPS) is 10.7. The molecule has 90 valence electrons. The molecule has 3 rings (SSSR count). The molecular weight excluding hydrogens is 232 g/mol. The molecule has 18 heavy (non-hydrogen) atoms. The van der Waals surface area contributed by atoms with E-state index < -0.39 is 0 Å². The van der Waals surface area contributed by atoms with E-state index in [1.54, 1.807) is 30.3 Å². The highest BCUT2D eigenvalue weighted by molar-refractivity contribution is 5.68. The fraction of sp³-hybridized carbons (Fsp3) is 0.0909. The number of aryl methyl sites for hydroxylation is 1. The first-order valence-electron chi connectivity index (χ1n) is 5.27. The molecule has 0 radical (unpaired) electrons. The molecule has 0 amide bonds. The van der Waals surface area contributed by atoms with Crippen molar-refractivity contribution in [3.05, 3.63) is 30.7 Å². The number of nitrogens with zero attached hydrogens (tertiary/aromatic N) is 5. The Morgan fingerprint density at radius 3 is 2.89 bits per heavy atom. The van der Waals surface area contributed by atoms with Crippen molar-refractivity contribution in [2.45, 2.75) is 0 Å². The number of hydrogen-bond donors (Lipinski definition) is 1. The van der Waals surface area contributed by atoms with E-state index in [9.17, 15) is 0 Å². The molecular formula is C11H10N6O. The van der Waals surface area contributed by atoms with Crippen LogP contribution in [0.25, 0.3) is 22.8 Å². The largest absolute Gasteiger partial charge is 0.383 e. The fourth-order valence-corrected chi connectivity index (χ4v) is 1.56. The first kappa shape index (κ1) is 10.5. The molecule has 3 heterocycles. The molecule has 0 atom stereocenters. The SMILES string of the molecule is Cn1ncc(-c2nc(-c3cccnc3)no2)c1N. The van der Waals surface area contributed by atoms with E-state index in [0.717, 1.165) is 5.56 Å². The van der Waals surface area contributed by atoms with Gasteiger partial charge >= 0.3 is 0 Å².